The largest absolute Gasteiger partial charge is 0.469 e. The van der Waals surface area contributed by atoms with Crippen molar-refractivity contribution in [2.75, 3.05) is 13.7 Å². The zero-order valence-corrected chi connectivity index (χ0v) is 16.7. The number of fused-ring (bicyclic) bond motifs is 3. The van der Waals surface area contributed by atoms with Crippen molar-refractivity contribution in [1.29, 1.82) is 0 Å². The summed E-state index contributed by atoms with van der Waals surface area (Å²) < 4.78 is 15.6. The van der Waals surface area contributed by atoms with Gasteiger partial charge in [0.1, 0.15) is 6.10 Å². The van der Waals surface area contributed by atoms with Gasteiger partial charge in [-0.2, -0.15) is 0 Å². The van der Waals surface area contributed by atoms with Gasteiger partial charge in [-0.3, -0.25) is 19.2 Å². The van der Waals surface area contributed by atoms with Crippen LogP contribution in [0.5, 0.6) is 0 Å². The molecule has 156 valence electrons. The van der Waals surface area contributed by atoms with Crippen LogP contribution < -0.4 is 0 Å². The van der Waals surface area contributed by atoms with E-state index in [9.17, 15) is 24.3 Å². The van der Waals surface area contributed by atoms with Crippen LogP contribution >= 0.6 is 0 Å². The fraction of sp³-hybridized carbons (Fsp3) is 0.800. The Morgan fingerprint density at radius 3 is 2.50 bits per heavy atom. The van der Waals surface area contributed by atoms with Gasteiger partial charge in [-0.25, -0.2) is 0 Å². The number of esters is 3. The Balaban J connectivity index is 2.10. The average Bonchev–Trinajstić information content (AvgIpc) is 2.61. The van der Waals surface area contributed by atoms with Crippen molar-refractivity contribution in [2.45, 2.75) is 58.7 Å². The quantitative estimate of drug-likeness (QED) is 0.555. The van der Waals surface area contributed by atoms with Gasteiger partial charge < -0.3 is 19.3 Å². The van der Waals surface area contributed by atoms with E-state index in [0.717, 1.165) is 0 Å². The second-order valence-corrected chi connectivity index (χ2v) is 8.79. The lowest BCUT2D eigenvalue weighted by molar-refractivity contribution is -0.211. The number of ether oxygens (including phenoxy) is 3. The van der Waals surface area contributed by atoms with Crippen LogP contribution in [0.3, 0.4) is 0 Å². The van der Waals surface area contributed by atoms with Crippen molar-refractivity contribution in [3.05, 3.63) is 0 Å². The summed E-state index contributed by atoms with van der Waals surface area (Å²) in [6, 6.07) is 0. The van der Waals surface area contributed by atoms with Gasteiger partial charge in [0.05, 0.1) is 25.6 Å². The van der Waals surface area contributed by atoms with E-state index in [1.807, 2.05) is 13.8 Å². The third-order valence-electron chi connectivity index (χ3n) is 7.17. The molecule has 0 unspecified atom stereocenters. The standard InChI is InChI=1S/C20H28O8/c1-10(22)27-14-7-13(17(24)26-4)19(2)6-5-12-18(25)28-11(9-21)8-20(12,3)16(19)15(14)23/h11-14,16,21H,5-9H2,1-4H3/t11-,12-,13-,14-,16-,19-,20-/m0/s1. The molecule has 0 bridgehead atoms. The first kappa shape index (κ1) is 20.8. The Bertz CT molecular complexity index is 702. The molecule has 1 saturated heterocycles. The minimum atomic E-state index is -1.05. The lowest BCUT2D eigenvalue weighted by Gasteiger charge is -2.60. The summed E-state index contributed by atoms with van der Waals surface area (Å²) >= 11 is 0. The lowest BCUT2D eigenvalue weighted by Crippen LogP contribution is -2.65. The van der Waals surface area contributed by atoms with Gasteiger partial charge in [-0.15, -0.1) is 0 Å². The van der Waals surface area contributed by atoms with E-state index in [1.54, 1.807) is 0 Å². The molecule has 0 amide bonds. The Kier molecular flexibility index (Phi) is 5.29. The molecule has 1 N–H and O–H groups in total. The molecule has 8 nitrogen and oxygen atoms in total. The fourth-order valence-electron chi connectivity index (χ4n) is 6.04. The van der Waals surface area contributed by atoms with Crippen molar-refractivity contribution >= 4 is 23.7 Å². The van der Waals surface area contributed by atoms with Crippen LogP contribution in [-0.4, -0.2) is 54.7 Å². The number of methoxy groups -OCH3 is 1. The molecule has 0 spiro atoms. The van der Waals surface area contributed by atoms with Gasteiger partial charge in [-0.1, -0.05) is 13.8 Å². The van der Waals surface area contributed by atoms with E-state index < -0.39 is 58.7 Å². The maximum atomic E-state index is 13.5. The smallest absolute Gasteiger partial charge is 0.309 e. The Morgan fingerprint density at radius 2 is 1.93 bits per heavy atom. The molecule has 8 heteroatoms. The van der Waals surface area contributed by atoms with Gasteiger partial charge in [-0.05, 0) is 30.1 Å². The first-order valence-corrected chi connectivity index (χ1v) is 9.68. The van der Waals surface area contributed by atoms with E-state index in [4.69, 9.17) is 14.2 Å². The molecule has 0 radical (unpaired) electrons. The van der Waals surface area contributed by atoms with Crippen molar-refractivity contribution in [2.24, 2.45) is 28.6 Å². The molecule has 0 aromatic rings. The molecule has 0 aromatic heterocycles. The molecule has 28 heavy (non-hydrogen) atoms. The number of carbonyl (C=O) groups excluding carboxylic acids is 4. The zero-order chi connectivity index (χ0) is 20.9. The molecule has 2 aliphatic carbocycles. The number of hydrogen-bond donors (Lipinski definition) is 1. The van der Waals surface area contributed by atoms with Crippen LogP contribution in [0, 0.1) is 28.6 Å². The maximum absolute atomic E-state index is 13.5. The number of cyclic esters (lactones) is 1. The summed E-state index contributed by atoms with van der Waals surface area (Å²) in [6.45, 7) is 4.63. The topological polar surface area (TPSA) is 116 Å². The minimum Gasteiger partial charge on any atom is -0.469 e. The Morgan fingerprint density at radius 1 is 1.25 bits per heavy atom. The van der Waals surface area contributed by atoms with Crippen LogP contribution in [0.1, 0.15) is 46.5 Å². The van der Waals surface area contributed by atoms with E-state index in [-0.39, 0.29) is 18.8 Å². The number of hydrogen-bond acceptors (Lipinski definition) is 8. The summed E-state index contributed by atoms with van der Waals surface area (Å²) in [7, 11) is 1.30. The second kappa shape index (κ2) is 7.13. The molecular weight excluding hydrogens is 368 g/mol. The average molecular weight is 396 g/mol. The molecule has 2 saturated carbocycles. The minimum absolute atomic E-state index is 0.0761. The summed E-state index contributed by atoms with van der Waals surface area (Å²) in [6.07, 6.45) is -0.399. The second-order valence-electron chi connectivity index (χ2n) is 8.79. The summed E-state index contributed by atoms with van der Waals surface area (Å²) in [5.74, 6) is -3.57. The summed E-state index contributed by atoms with van der Waals surface area (Å²) in [5, 5.41) is 9.58. The van der Waals surface area contributed by atoms with Gasteiger partial charge >= 0.3 is 17.9 Å². The highest BCUT2D eigenvalue weighted by atomic mass is 16.6. The maximum Gasteiger partial charge on any atom is 0.309 e. The normalized spacial score (nSPS) is 42.7. The van der Waals surface area contributed by atoms with Crippen LogP contribution in [0.25, 0.3) is 0 Å². The predicted molar refractivity (Wildman–Crippen MR) is 94.7 cm³/mol. The Hall–Kier alpha value is -1.96. The molecule has 0 aromatic carbocycles. The van der Waals surface area contributed by atoms with Gasteiger partial charge in [0, 0.05) is 19.3 Å². The third-order valence-corrected chi connectivity index (χ3v) is 7.17. The lowest BCUT2D eigenvalue weighted by atomic mass is 9.43. The van der Waals surface area contributed by atoms with E-state index in [2.05, 4.69) is 0 Å². The molecule has 3 aliphatic rings. The highest BCUT2D eigenvalue weighted by molar-refractivity contribution is 5.93. The molecule has 1 heterocycles. The van der Waals surface area contributed by atoms with Crippen molar-refractivity contribution in [3.63, 3.8) is 0 Å². The van der Waals surface area contributed by atoms with Crippen LogP contribution in [-0.2, 0) is 33.4 Å². The SMILES string of the molecule is COC(=O)[C@@H]1C[C@H](OC(C)=O)C(=O)[C@H]2[C@@]1(C)CC[C@H]1C(=O)O[C@H](CO)C[C@]21C. The van der Waals surface area contributed by atoms with Crippen molar-refractivity contribution in [1.82, 2.24) is 0 Å². The number of carbonyl (C=O) groups is 4. The number of rotatable bonds is 3. The number of aliphatic hydroxyl groups is 1. The van der Waals surface area contributed by atoms with Gasteiger partial charge in [0.2, 0.25) is 0 Å². The first-order valence-electron chi connectivity index (χ1n) is 9.68. The highest BCUT2D eigenvalue weighted by Crippen LogP contribution is 2.63. The van der Waals surface area contributed by atoms with Gasteiger partial charge in [0.25, 0.3) is 0 Å². The van der Waals surface area contributed by atoms with Crippen molar-refractivity contribution < 1.29 is 38.5 Å². The first-order chi connectivity index (χ1) is 13.1. The van der Waals surface area contributed by atoms with Crippen LogP contribution in [0.2, 0.25) is 0 Å². The number of Topliss-reactive ketones (excluding diaryl/α,β-unsaturated/α-hetero) is 1. The van der Waals surface area contributed by atoms with E-state index in [1.165, 1.54) is 14.0 Å². The van der Waals surface area contributed by atoms with Gasteiger partial charge in [0.15, 0.2) is 11.9 Å². The molecule has 7 atom stereocenters. The van der Waals surface area contributed by atoms with E-state index in [0.29, 0.717) is 19.3 Å². The molecule has 3 rings (SSSR count). The molecule has 1 aliphatic heterocycles. The molecular formula is C20H28O8. The highest BCUT2D eigenvalue weighted by Gasteiger charge is 2.67. The van der Waals surface area contributed by atoms with Crippen LogP contribution in [0.4, 0.5) is 0 Å². The van der Waals surface area contributed by atoms with E-state index >= 15 is 0 Å². The number of ketones is 1. The Labute approximate surface area is 163 Å². The predicted octanol–water partition coefficient (Wildman–Crippen LogP) is 1.03. The molecule has 3 fully saturated rings. The number of aliphatic hydroxyl groups excluding tert-OH is 1. The zero-order valence-electron chi connectivity index (χ0n) is 16.7. The summed E-state index contributed by atoms with van der Waals surface area (Å²) in [5.41, 5.74) is -1.54. The monoisotopic (exact) mass is 396 g/mol. The summed E-state index contributed by atoms with van der Waals surface area (Å²) in [4.78, 5) is 50.2. The third kappa shape index (κ3) is 3.02. The van der Waals surface area contributed by atoms with Crippen LogP contribution in [0.15, 0.2) is 0 Å². The van der Waals surface area contributed by atoms with Crippen molar-refractivity contribution in [3.8, 4) is 0 Å². The fourth-order valence-corrected chi connectivity index (χ4v) is 6.04.